The van der Waals surface area contributed by atoms with E-state index in [0.717, 1.165) is 48.1 Å². The molecule has 3 rings (SSSR count). The predicted molar refractivity (Wildman–Crippen MR) is 139 cm³/mol. The van der Waals surface area contributed by atoms with Gasteiger partial charge in [-0.2, -0.15) is 0 Å². The van der Waals surface area contributed by atoms with Crippen LogP contribution in [0.4, 0.5) is 4.39 Å². The molecule has 1 aliphatic rings. The number of halogens is 1. The van der Waals surface area contributed by atoms with Crippen LogP contribution >= 0.6 is 11.3 Å². The first kappa shape index (κ1) is 27.3. The summed E-state index contributed by atoms with van der Waals surface area (Å²) < 4.78 is 19.2. The average molecular weight is 503 g/mol. The van der Waals surface area contributed by atoms with Crippen molar-refractivity contribution >= 4 is 23.2 Å². The van der Waals surface area contributed by atoms with E-state index in [0.29, 0.717) is 32.7 Å². The second-order valence-corrected chi connectivity index (χ2v) is 10.5. The average Bonchev–Trinajstić information content (AvgIpc) is 3.51. The highest BCUT2D eigenvalue weighted by Crippen LogP contribution is 2.21. The Labute approximate surface area is 213 Å². The number of thiophene rings is 1. The molecule has 0 N–H and O–H groups in total. The van der Waals surface area contributed by atoms with Crippen molar-refractivity contribution in [1.29, 1.82) is 0 Å². The number of amides is 2. The number of ether oxygens (including phenoxy) is 1. The molecular formula is C28H39FN2O3S. The van der Waals surface area contributed by atoms with Gasteiger partial charge in [-0.15, -0.1) is 11.3 Å². The van der Waals surface area contributed by atoms with E-state index in [1.54, 1.807) is 33.3 Å². The lowest BCUT2D eigenvalue weighted by atomic mass is 10.1. The summed E-state index contributed by atoms with van der Waals surface area (Å²) in [7, 11) is 0. The molecule has 1 unspecified atom stereocenters. The summed E-state index contributed by atoms with van der Waals surface area (Å²) in [6.07, 6.45) is 7.75. The molecule has 35 heavy (non-hydrogen) atoms. The van der Waals surface area contributed by atoms with E-state index in [1.165, 1.54) is 25.0 Å². The summed E-state index contributed by atoms with van der Waals surface area (Å²) in [5, 5.41) is 2.02. The van der Waals surface area contributed by atoms with Gasteiger partial charge in [0.1, 0.15) is 5.82 Å². The second-order valence-electron chi connectivity index (χ2n) is 9.48. The minimum atomic E-state index is -0.298. The van der Waals surface area contributed by atoms with Crippen molar-refractivity contribution in [1.82, 2.24) is 9.80 Å². The zero-order valence-corrected chi connectivity index (χ0v) is 22.0. The van der Waals surface area contributed by atoms with E-state index in [-0.39, 0.29) is 30.3 Å². The van der Waals surface area contributed by atoms with Crippen LogP contribution < -0.4 is 0 Å². The molecule has 192 valence electrons. The van der Waals surface area contributed by atoms with Crippen LogP contribution in [0.3, 0.4) is 0 Å². The van der Waals surface area contributed by atoms with Crippen LogP contribution in [0.15, 0.2) is 35.7 Å². The van der Waals surface area contributed by atoms with Gasteiger partial charge in [0, 0.05) is 31.0 Å². The molecule has 1 aromatic carbocycles. The van der Waals surface area contributed by atoms with Crippen LogP contribution in [0, 0.1) is 12.7 Å². The molecular weight excluding hydrogens is 463 g/mol. The predicted octanol–water partition coefficient (Wildman–Crippen LogP) is 6.09. The quantitative estimate of drug-likeness (QED) is 0.294. The molecule has 1 aromatic heterocycles. The SMILES string of the molecule is CCCCCCCC(=O)N(CC(=O)N(Cc1ccc(F)cc1)Cc1sccc1C)CC1CCCO1. The first-order valence-electron chi connectivity index (χ1n) is 12.9. The van der Waals surface area contributed by atoms with Crippen molar-refractivity contribution in [2.24, 2.45) is 0 Å². The molecule has 2 heterocycles. The Morgan fingerprint density at radius 2 is 1.80 bits per heavy atom. The van der Waals surface area contributed by atoms with Gasteiger partial charge in [0.15, 0.2) is 0 Å². The summed E-state index contributed by atoms with van der Waals surface area (Å²) in [4.78, 5) is 31.3. The Morgan fingerprint density at radius 3 is 2.46 bits per heavy atom. The number of rotatable bonds is 14. The van der Waals surface area contributed by atoms with E-state index in [9.17, 15) is 14.0 Å². The second kappa shape index (κ2) is 14.3. The third-order valence-corrected chi connectivity index (χ3v) is 7.57. The zero-order valence-electron chi connectivity index (χ0n) is 21.1. The van der Waals surface area contributed by atoms with Crippen molar-refractivity contribution in [3.63, 3.8) is 0 Å². The molecule has 5 nitrogen and oxygen atoms in total. The highest BCUT2D eigenvalue weighted by Gasteiger charge is 2.26. The number of carbonyl (C=O) groups excluding carboxylic acids is 2. The molecule has 1 atom stereocenters. The first-order chi connectivity index (χ1) is 17.0. The number of nitrogens with zero attached hydrogens (tertiary/aromatic N) is 2. The van der Waals surface area contributed by atoms with Gasteiger partial charge in [0.05, 0.1) is 19.2 Å². The highest BCUT2D eigenvalue weighted by atomic mass is 32.1. The van der Waals surface area contributed by atoms with Gasteiger partial charge >= 0.3 is 0 Å². The van der Waals surface area contributed by atoms with Crippen LogP contribution in [-0.2, 0) is 27.4 Å². The lowest BCUT2D eigenvalue weighted by Crippen LogP contribution is -2.45. The molecule has 0 saturated carbocycles. The van der Waals surface area contributed by atoms with Gasteiger partial charge in [0.2, 0.25) is 11.8 Å². The van der Waals surface area contributed by atoms with E-state index < -0.39 is 0 Å². The number of carbonyl (C=O) groups is 2. The highest BCUT2D eigenvalue weighted by molar-refractivity contribution is 7.10. The summed E-state index contributed by atoms with van der Waals surface area (Å²) in [6.45, 7) is 6.27. The third-order valence-electron chi connectivity index (χ3n) is 6.56. The van der Waals surface area contributed by atoms with E-state index in [1.807, 2.05) is 18.4 Å². The number of benzene rings is 1. The van der Waals surface area contributed by atoms with Crippen LogP contribution in [0.1, 0.15) is 74.3 Å². The maximum Gasteiger partial charge on any atom is 0.242 e. The maximum absolute atomic E-state index is 13.6. The van der Waals surface area contributed by atoms with Gasteiger partial charge in [0.25, 0.3) is 0 Å². The van der Waals surface area contributed by atoms with Crippen LogP contribution in [0.2, 0.25) is 0 Å². The molecule has 1 aliphatic heterocycles. The molecule has 2 aromatic rings. The zero-order chi connectivity index (χ0) is 25.0. The van der Waals surface area contributed by atoms with Gasteiger partial charge in [-0.25, -0.2) is 4.39 Å². The van der Waals surface area contributed by atoms with Crippen molar-refractivity contribution in [3.05, 3.63) is 57.5 Å². The maximum atomic E-state index is 13.6. The molecule has 0 spiro atoms. The van der Waals surface area contributed by atoms with Crippen molar-refractivity contribution in [2.45, 2.75) is 84.4 Å². The Kier molecular flexibility index (Phi) is 11.2. The number of unbranched alkanes of at least 4 members (excludes halogenated alkanes) is 4. The summed E-state index contributed by atoms with van der Waals surface area (Å²) in [5.74, 6) is -0.369. The number of hydrogen-bond donors (Lipinski definition) is 0. The summed E-state index contributed by atoms with van der Waals surface area (Å²) in [6, 6.07) is 8.30. The van der Waals surface area contributed by atoms with Gasteiger partial charge < -0.3 is 14.5 Å². The Hall–Kier alpha value is -2.25. The minimum Gasteiger partial charge on any atom is -0.376 e. The first-order valence-corrected chi connectivity index (χ1v) is 13.8. The normalized spacial score (nSPS) is 15.3. The molecule has 1 fully saturated rings. The smallest absolute Gasteiger partial charge is 0.242 e. The fourth-order valence-electron chi connectivity index (χ4n) is 4.37. The topological polar surface area (TPSA) is 49.9 Å². The van der Waals surface area contributed by atoms with Crippen LogP contribution in [0.5, 0.6) is 0 Å². The Morgan fingerprint density at radius 1 is 1.03 bits per heavy atom. The number of aryl methyl sites for hydroxylation is 1. The van der Waals surface area contributed by atoms with Gasteiger partial charge in [-0.1, -0.05) is 44.7 Å². The lowest BCUT2D eigenvalue weighted by Gasteiger charge is -2.29. The Bertz CT molecular complexity index is 925. The molecule has 1 saturated heterocycles. The molecule has 2 amide bonds. The molecule has 0 radical (unpaired) electrons. The van der Waals surface area contributed by atoms with Crippen LogP contribution in [-0.4, -0.2) is 47.4 Å². The summed E-state index contributed by atoms with van der Waals surface area (Å²) >= 11 is 1.62. The van der Waals surface area contributed by atoms with Gasteiger partial charge in [-0.05, 0) is 60.9 Å². The molecule has 0 aliphatic carbocycles. The fourth-order valence-corrected chi connectivity index (χ4v) is 5.29. The monoisotopic (exact) mass is 502 g/mol. The van der Waals surface area contributed by atoms with Crippen molar-refractivity contribution in [3.8, 4) is 0 Å². The van der Waals surface area contributed by atoms with Gasteiger partial charge in [-0.3, -0.25) is 9.59 Å². The van der Waals surface area contributed by atoms with E-state index >= 15 is 0 Å². The van der Waals surface area contributed by atoms with E-state index in [4.69, 9.17) is 4.74 Å². The Balaban J connectivity index is 1.70. The number of hydrogen-bond acceptors (Lipinski definition) is 4. The summed E-state index contributed by atoms with van der Waals surface area (Å²) in [5.41, 5.74) is 2.01. The minimum absolute atomic E-state index is 0.00284. The van der Waals surface area contributed by atoms with E-state index in [2.05, 4.69) is 6.92 Å². The largest absolute Gasteiger partial charge is 0.376 e. The third kappa shape index (κ3) is 9.04. The lowest BCUT2D eigenvalue weighted by molar-refractivity contribution is -0.142. The fraction of sp³-hybridized carbons (Fsp3) is 0.571. The molecule has 0 bridgehead atoms. The van der Waals surface area contributed by atoms with Crippen LogP contribution in [0.25, 0.3) is 0 Å². The standard InChI is InChI=1S/C28H39FN2O3S/c1-3-4-5-6-7-10-27(32)31(19-25-9-8-16-34-25)21-28(33)30(20-26-22(2)15-17-35-26)18-23-11-13-24(29)14-12-23/h11-15,17,25H,3-10,16,18-21H2,1-2H3. The molecule has 7 heteroatoms. The van der Waals surface area contributed by atoms with Crippen molar-refractivity contribution < 1.29 is 18.7 Å². The van der Waals surface area contributed by atoms with Crippen molar-refractivity contribution in [2.75, 3.05) is 19.7 Å².